The molecular weight excluding hydrogens is 338 g/mol. The first-order valence-corrected chi connectivity index (χ1v) is 10.6. The molecule has 1 aromatic rings. The van der Waals surface area contributed by atoms with Gasteiger partial charge >= 0.3 is 6.03 Å². The van der Waals surface area contributed by atoms with Crippen molar-refractivity contribution in [2.24, 2.45) is 5.92 Å². The van der Waals surface area contributed by atoms with Gasteiger partial charge in [0.1, 0.15) is 0 Å². The minimum Gasteiger partial charge on any atom is -0.338 e. The van der Waals surface area contributed by atoms with Crippen LogP contribution in [0.3, 0.4) is 0 Å². The monoisotopic (exact) mass is 367 g/mol. The molecule has 1 saturated heterocycles. The van der Waals surface area contributed by atoms with Gasteiger partial charge in [0.2, 0.25) is 0 Å². The lowest BCUT2D eigenvalue weighted by molar-refractivity contribution is 0.235. The number of urea groups is 1. The van der Waals surface area contributed by atoms with Crippen molar-refractivity contribution < 1.29 is 13.2 Å². The highest BCUT2D eigenvalue weighted by atomic mass is 32.2. The van der Waals surface area contributed by atoms with Crippen molar-refractivity contribution in [3.05, 3.63) is 30.3 Å². The standard InChI is InChI=1S/C18H29N3O3S/c1-16(15-21-11-5-6-12-21)14-20-18(22)19-10-7-13-25(23,24)17-8-3-2-4-9-17/h2-4,8-9,16H,5-7,10-15H2,1H3,(H2,19,20,22). The smallest absolute Gasteiger partial charge is 0.314 e. The van der Waals surface area contributed by atoms with Crippen LogP contribution < -0.4 is 10.6 Å². The maximum atomic E-state index is 12.1. The summed E-state index contributed by atoms with van der Waals surface area (Å²) >= 11 is 0. The average Bonchev–Trinajstić information content (AvgIpc) is 3.10. The van der Waals surface area contributed by atoms with Crippen molar-refractivity contribution in [2.75, 3.05) is 38.5 Å². The molecule has 1 atom stereocenters. The first-order valence-electron chi connectivity index (χ1n) is 8.99. The molecule has 2 rings (SSSR count). The predicted octanol–water partition coefficient (Wildman–Crippen LogP) is 1.88. The minimum absolute atomic E-state index is 0.0304. The lowest BCUT2D eigenvalue weighted by Gasteiger charge is -2.20. The normalized spacial score (nSPS) is 16.5. The van der Waals surface area contributed by atoms with Crippen LogP contribution in [-0.2, 0) is 9.84 Å². The van der Waals surface area contributed by atoms with Gasteiger partial charge in [-0.1, -0.05) is 25.1 Å². The second-order valence-electron chi connectivity index (χ2n) is 6.74. The van der Waals surface area contributed by atoms with Gasteiger partial charge in [-0.3, -0.25) is 0 Å². The van der Waals surface area contributed by atoms with E-state index in [0.29, 0.717) is 30.3 Å². The van der Waals surface area contributed by atoms with Crippen LogP contribution in [-0.4, -0.2) is 57.8 Å². The highest BCUT2D eigenvalue weighted by Crippen LogP contribution is 2.11. The van der Waals surface area contributed by atoms with Gasteiger partial charge in [-0.25, -0.2) is 13.2 Å². The molecule has 1 aliphatic rings. The van der Waals surface area contributed by atoms with E-state index < -0.39 is 9.84 Å². The Bertz CT molecular complexity index is 628. The van der Waals surface area contributed by atoms with Gasteiger partial charge < -0.3 is 15.5 Å². The van der Waals surface area contributed by atoms with Gasteiger partial charge in [0.15, 0.2) is 9.84 Å². The van der Waals surface area contributed by atoms with E-state index in [1.54, 1.807) is 30.3 Å². The fraction of sp³-hybridized carbons (Fsp3) is 0.611. The number of nitrogens with one attached hydrogen (secondary N) is 2. The number of carbonyl (C=O) groups excluding carboxylic acids is 1. The quantitative estimate of drug-likeness (QED) is 0.653. The number of sulfone groups is 1. The van der Waals surface area contributed by atoms with Crippen molar-refractivity contribution in [1.29, 1.82) is 0 Å². The Morgan fingerprint density at radius 1 is 1.16 bits per heavy atom. The number of hydrogen-bond acceptors (Lipinski definition) is 4. The van der Waals surface area contributed by atoms with Crippen molar-refractivity contribution in [1.82, 2.24) is 15.5 Å². The highest BCUT2D eigenvalue weighted by molar-refractivity contribution is 7.91. The van der Waals surface area contributed by atoms with Crippen LogP contribution in [0.2, 0.25) is 0 Å². The summed E-state index contributed by atoms with van der Waals surface area (Å²) in [5, 5.41) is 5.59. The predicted molar refractivity (Wildman–Crippen MR) is 99.4 cm³/mol. The molecule has 1 heterocycles. The SMILES string of the molecule is CC(CNC(=O)NCCCS(=O)(=O)c1ccccc1)CN1CCCC1. The van der Waals surface area contributed by atoms with Crippen LogP contribution in [0.1, 0.15) is 26.2 Å². The molecule has 2 N–H and O–H groups in total. The third-order valence-corrected chi connectivity index (χ3v) is 6.17. The third kappa shape index (κ3) is 7.04. The van der Waals surface area contributed by atoms with E-state index in [1.165, 1.54) is 12.8 Å². The summed E-state index contributed by atoms with van der Waals surface area (Å²) in [6, 6.07) is 8.17. The fourth-order valence-electron chi connectivity index (χ4n) is 3.01. The summed E-state index contributed by atoms with van der Waals surface area (Å²) in [7, 11) is -3.27. The Hall–Kier alpha value is -1.60. The van der Waals surface area contributed by atoms with E-state index in [-0.39, 0.29) is 11.8 Å². The van der Waals surface area contributed by atoms with Gasteiger partial charge in [0.25, 0.3) is 0 Å². The average molecular weight is 368 g/mol. The summed E-state index contributed by atoms with van der Waals surface area (Å²) in [4.78, 5) is 14.6. The molecule has 1 unspecified atom stereocenters. The molecule has 2 amide bonds. The highest BCUT2D eigenvalue weighted by Gasteiger charge is 2.15. The van der Waals surface area contributed by atoms with Crippen LogP contribution >= 0.6 is 0 Å². The number of benzene rings is 1. The van der Waals surface area contributed by atoms with E-state index in [4.69, 9.17) is 0 Å². The Morgan fingerprint density at radius 3 is 2.52 bits per heavy atom. The maximum Gasteiger partial charge on any atom is 0.314 e. The molecule has 6 nitrogen and oxygen atoms in total. The summed E-state index contributed by atoms with van der Waals surface area (Å²) < 4.78 is 24.2. The zero-order valence-corrected chi connectivity index (χ0v) is 15.7. The Balaban J connectivity index is 1.59. The molecule has 0 aliphatic carbocycles. The Kier molecular flexibility index (Phi) is 7.71. The molecule has 0 radical (unpaired) electrons. The van der Waals surface area contributed by atoms with E-state index in [1.807, 2.05) is 0 Å². The van der Waals surface area contributed by atoms with E-state index in [9.17, 15) is 13.2 Å². The third-order valence-electron chi connectivity index (χ3n) is 4.36. The fourth-order valence-corrected chi connectivity index (χ4v) is 4.34. The summed E-state index contributed by atoms with van der Waals surface area (Å²) in [6.07, 6.45) is 2.94. The second kappa shape index (κ2) is 9.77. The molecule has 0 saturated carbocycles. The molecule has 25 heavy (non-hydrogen) atoms. The molecule has 7 heteroatoms. The largest absolute Gasteiger partial charge is 0.338 e. The van der Waals surface area contributed by atoms with E-state index in [0.717, 1.165) is 19.6 Å². The lowest BCUT2D eigenvalue weighted by Crippen LogP contribution is -2.40. The summed E-state index contributed by atoms with van der Waals surface area (Å²) in [6.45, 7) is 6.43. The van der Waals surface area contributed by atoms with Gasteiger partial charge in [-0.2, -0.15) is 0 Å². The van der Waals surface area contributed by atoms with Crippen LogP contribution in [0, 0.1) is 5.92 Å². The number of hydrogen-bond donors (Lipinski definition) is 2. The molecule has 0 bridgehead atoms. The van der Waals surface area contributed by atoms with Gasteiger partial charge in [-0.15, -0.1) is 0 Å². The zero-order valence-electron chi connectivity index (χ0n) is 14.9. The summed E-state index contributed by atoms with van der Waals surface area (Å²) in [5.74, 6) is 0.435. The van der Waals surface area contributed by atoms with Crippen molar-refractivity contribution in [3.8, 4) is 0 Å². The van der Waals surface area contributed by atoms with E-state index >= 15 is 0 Å². The number of carbonyl (C=O) groups is 1. The van der Waals surface area contributed by atoms with Crippen LogP contribution in [0.15, 0.2) is 35.2 Å². The van der Waals surface area contributed by atoms with Crippen LogP contribution in [0.5, 0.6) is 0 Å². The van der Waals surface area contributed by atoms with Gasteiger partial charge in [0, 0.05) is 19.6 Å². The van der Waals surface area contributed by atoms with Crippen molar-refractivity contribution in [3.63, 3.8) is 0 Å². The minimum atomic E-state index is -3.27. The number of rotatable bonds is 9. The van der Waals surface area contributed by atoms with Gasteiger partial charge in [-0.05, 0) is 50.4 Å². The zero-order chi connectivity index (χ0) is 18.1. The second-order valence-corrected chi connectivity index (χ2v) is 8.84. The molecule has 140 valence electrons. The first-order chi connectivity index (χ1) is 12.0. The van der Waals surface area contributed by atoms with Crippen LogP contribution in [0.4, 0.5) is 4.79 Å². The molecule has 0 spiro atoms. The molecule has 1 aromatic carbocycles. The van der Waals surface area contributed by atoms with Gasteiger partial charge in [0.05, 0.1) is 10.6 Å². The van der Waals surface area contributed by atoms with Crippen LogP contribution in [0.25, 0.3) is 0 Å². The molecule has 1 fully saturated rings. The lowest BCUT2D eigenvalue weighted by atomic mass is 10.1. The number of likely N-dealkylation sites (tertiary alicyclic amines) is 1. The summed E-state index contributed by atoms with van der Waals surface area (Å²) in [5.41, 5.74) is 0. The first kappa shape index (κ1) is 19.7. The molecule has 0 aromatic heterocycles. The molecule has 1 aliphatic heterocycles. The van der Waals surface area contributed by atoms with Crippen molar-refractivity contribution >= 4 is 15.9 Å². The van der Waals surface area contributed by atoms with E-state index in [2.05, 4.69) is 22.5 Å². The number of amides is 2. The number of nitrogens with zero attached hydrogens (tertiary/aromatic N) is 1. The Morgan fingerprint density at radius 2 is 1.84 bits per heavy atom. The Labute approximate surface area is 150 Å². The topological polar surface area (TPSA) is 78.5 Å². The van der Waals surface area contributed by atoms with Crippen molar-refractivity contribution in [2.45, 2.75) is 31.1 Å². The maximum absolute atomic E-state index is 12.1. The molecular formula is C18H29N3O3S.